The fourth-order valence-electron chi connectivity index (χ4n) is 6.39. The molecule has 4 heterocycles. The van der Waals surface area contributed by atoms with Crippen LogP contribution < -0.4 is 0 Å². The third-order valence-corrected chi connectivity index (χ3v) is 9.12. The summed E-state index contributed by atoms with van der Waals surface area (Å²) in [7, 11) is 0. The molecule has 19 atom stereocenters. The third kappa shape index (κ3) is 6.59. The monoisotopic (exact) mass is 686 g/mol. The molecule has 4 aliphatic heterocycles. The zero-order valence-corrected chi connectivity index (χ0v) is 24.6. The van der Waals surface area contributed by atoms with E-state index < -0.39 is 142 Å². The number of fused-ring (bicyclic) bond motifs is 1. The van der Waals surface area contributed by atoms with Gasteiger partial charge in [0.05, 0.1) is 38.6 Å². The van der Waals surface area contributed by atoms with Gasteiger partial charge in [-0.3, -0.25) is 0 Å². The van der Waals surface area contributed by atoms with Crippen molar-refractivity contribution < 1.29 is 99.5 Å². The molecular weight excluding hydrogens is 644 g/mol. The molecule has 0 aromatic rings. The molecule has 3 saturated heterocycles. The maximum Gasteiger partial charge on any atom is 0.211 e. The molecule has 0 aromatic carbocycles. The van der Waals surface area contributed by atoms with Gasteiger partial charge < -0.3 is 99.5 Å². The second-order valence-corrected chi connectivity index (χ2v) is 11.9. The van der Waals surface area contributed by atoms with Gasteiger partial charge in [-0.05, 0) is 11.6 Å². The summed E-state index contributed by atoms with van der Waals surface area (Å²) in [6, 6.07) is 0. The number of hydrogen-bond acceptors (Lipinski definition) is 20. The van der Waals surface area contributed by atoms with Crippen LogP contribution >= 0.6 is 0 Å². The van der Waals surface area contributed by atoms with E-state index in [-0.39, 0.29) is 5.57 Å². The van der Waals surface area contributed by atoms with Crippen molar-refractivity contribution in [2.75, 3.05) is 26.4 Å². The van der Waals surface area contributed by atoms with Gasteiger partial charge in [0.1, 0.15) is 85.0 Å². The highest BCUT2D eigenvalue weighted by Gasteiger charge is 2.61. The molecule has 0 radical (unpaired) electrons. The van der Waals surface area contributed by atoms with E-state index in [1.807, 2.05) is 0 Å². The molecule has 0 spiro atoms. The molecular formula is C27H42O20. The van der Waals surface area contributed by atoms with Crippen molar-refractivity contribution >= 4 is 0 Å². The lowest BCUT2D eigenvalue weighted by Gasteiger charge is -2.50. The van der Waals surface area contributed by atoms with E-state index >= 15 is 0 Å². The molecule has 0 saturated carbocycles. The minimum Gasteiger partial charge on any atom is -0.472 e. The van der Waals surface area contributed by atoms with Gasteiger partial charge >= 0.3 is 0 Å². The fourth-order valence-corrected chi connectivity index (χ4v) is 6.39. The Kier molecular flexibility index (Phi) is 11.6. The first-order chi connectivity index (χ1) is 22.3. The van der Waals surface area contributed by atoms with Gasteiger partial charge in [-0.2, -0.15) is 0 Å². The molecule has 20 nitrogen and oxygen atoms in total. The summed E-state index contributed by atoms with van der Waals surface area (Å²) in [5, 5.41) is 134. The maximum absolute atomic E-state index is 11.3. The highest BCUT2D eigenvalue weighted by atomic mass is 16.8. The van der Waals surface area contributed by atoms with Crippen molar-refractivity contribution in [1.29, 1.82) is 0 Å². The number of ether oxygens (including phenoxy) is 7. The lowest BCUT2D eigenvalue weighted by Crippen LogP contribution is -2.67. The van der Waals surface area contributed by atoms with Crippen LogP contribution in [0.4, 0.5) is 0 Å². The van der Waals surface area contributed by atoms with E-state index in [1.54, 1.807) is 0 Å². The van der Waals surface area contributed by atoms with Gasteiger partial charge in [0, 0.05) is 0 Å². The highest BCUT2D eigenvalue weighted by Crippen LogP contribution is 2.48. The van der Waals surface area contributed by atoms with Gasteiger partial charge in [-0.25, -0.2) is 0 Å². The van der Waals surface area contributed by atoms with Crippen LogP contribution in [0.5, 0.6) is 0 Å². The van der Waals surface area contributed by atoms with Crippen molar-refractivity contribution in [2.24, 2.45) is 5.92 Å². The molecule has 270 valence electrons. The third-order valence-electron chi connectivity index (χ3n) is 9.12. The van der Waals surface area contributed by atoms with Crippen LogP contribution in [0, 0.1) is 5.92 Å². The van der Waals surface area contributed by atoms with E-state index in [1.165, 1.54) is 12.2 Å². The Morgan fingerprint density at radius 2 is 1.06 bits per heavy atom. The Hall–Kier alpha value is -1.48. The van der Waals surface area contributed by atoms with Crippen LogP contribution in [0.15, 0.2) is 24.0 Å². The quantitative estimate of drug-likeness (QED) is 0.0949. The van der Waals surface area contributed by atoms with Crippen molar-refractivity contribution in [2.45, 2.75) is 110 Å². The first kappa shape index (κ1) is 36.8. The number of hydrogen-bond donors (Lipinski definition) is 13. The summed E-state index contributed by atoms with van der Waals surface area (Å²) in [6.07, 6.45) is -26.0. The van der Waals surface area contributed by atoms with E-state index in [4.69, 9.17) is 33.2 Å². The highest BCUT2D eigenvalue weighted by molar-refractivity contribution is 5.34. The smallest absolute Gasteiger partial charge is 0.211 e. The Labute approximate surface area is 266 Å². The van der Waals surface area contributed by atoms with Crippen molar-refractivity contribution in [1.82, 2.24) is 0 Å². The number of rotatable bonds is 10. The summed E-state index contributed by atoms with van der Waals surface area (Å²) in [5.41, 5.74) is -1.95. The second kappa shape index (κ2) is 14.8. The lowest BCUT2D eigenvalue weighted by molar-refractivity contribution is -0.388. The summed E-state index contributed by atoms with van der Waals surface area (Å²) in [4.78, 5) is 0. The molecule has 20 heteroatoms. The topological polar surface area (TPSA) is 328 Å². The predicted octanol–water partition coefficient (Wildman–Crippen LogP) is -8.04. The number of aliphatic hydroxyl groups is 13. The molecule has 0 bridgehead atoms. The molecule has 0 aromatic heterocycles. The second-order valence-electron chi connectivity index (χ2n) is 11.9. The molecule has 0 unspecified atom stereocenters. The minimum absolute atomic E-state index is 0.0675. The minimum atomic E-state index is -2.02. The van der Waals surface area contributed by atoms with Crippen molar-refractivity contribution in [3.05, 3.63) is 24.0 Å². The Morgan fingerprint density at radius 1 is 0.574 bits per heavy atom. The SMILES string of the molecule is OCC1=C[C@@H](O)[C@@]2(O[C@@H]3O[C@H](CO)[C@@H](O)[C@H](O)[C@H]3O[C@@H]3O[C@H](CO)[C@@H](O)[C@H](O)[C@H]3O)C=CO[C@@H](O[C@@H]3O[C@H](CO)[C@@H](O)[C@H](O)[C@H]3O)[C@H]12. The number of aliphatic hydroxyl groups excluding tert-OH is 13. The normalized spacial score (nSPS) is 51.7. The van der Waals surface area contributed by atoms with Gasteiger partial charge in [0.2, 0.25) is 6.29 Å². The van der Waals surface area contributed by atoms with Gasteiger partial charge in [-0.15, -0.1) is 0 Å². The predicted molar refractivity (Wildman–Crippen MR) is 144 cm³/mol. The molecule has 5 aliphatic rings. The average molecular weight is 687 g/mol. The summed E-state index contributed by atoms with van der Waals surface area (Å²) in [6.45, 7) is -3.11. The maximum atomic E-state index is 11.3. The fraction of sp³-hybridized carbons (Fsp3) is 0.852. The van der Waals surface area contributed by atoms with Crippen molar-refractivity contribution in [3.63, 3.8) is 0 Å². The molecule has 0 amide bonds. The van der Waals surface area contributed by atoms with Crippen LogP contribution in [0.2, 0.25) is 0 Å². The summed E-state index contributed by atoms with van der Waals surface area (Å²) in [5.74, 6) is -1.31. The van der Waals surface area contributed by atoms with E-state index in [9.17, 15) is 66.4 Å². The zero-order valence-electron chi connectivity index (χ0n) is 24.6. The average Bonchev–Trinajstić information content (AvgIpc) is 3.35. The van der Waals surface area contributed by atoms with Gasteiger partial charge in [0.25, 0.3) is 0 Å². The molecule has 13 N–H and O–H groups in total. The summed E-state index contributed by atoms with van der Waals surface area (Å²) < 4.78 is 39.8. The van der Waals surface area contributed by atoms with Crippen LogP contribution in [0.1, 0.15) is 0 Å². The molecule has 1 aliphatic carbocycles. The Morgan fingerprint density at radius 3 is 1.57 bits per heavy atom. The first-order valence-electron chi connectivity index (χ1n) is 14.9. The zero-order chi connectivity index (χ0) is 34.4. The van der Waals surface area contributed by atoms with Gasteiger partial charge in [0.15, 0.2) is 18.9 Å². The van der Waals surface area contributed by atoms with Crippen LogP contribution in [0.25, 0.3) is 0 Å². The Bertz CT molecular complexity index is 1110. The molecule has 3 fully saturated rings. The standard InChI is InChI=1S/C27H42O20/c28-4-8-3-12(32)27(1-2-41-23(13(8)27)46-25-21(40)18(37)15(34)10(6-30)43-25)47-26-22(19(38)16(35)11(7-31)44-26)45-24-20(39)17(36)14(33)9(5-29)42-24/h1-3,9-26,28-40H,4-7H2/t9-,10-,11-,12-,13+,14-,15-,16-,17+,18+,19+,20-,21-,22-,23+,24+,25+,26+,27+/m1/s1. The van der Waals surface area contributed by atoms with Gasteiger partial charge in [-0.1, -0.05) is 6.08 Å². The van der Waals surface area contributed by atoms with Crippen LogP contribution in [-0.2, 0) is 33.2 Å². The Balaban J connectivity index is 1.44. The van der Waals surface area contributed by atoms with Crippen LogP contribution in [-0.4, -0.2) is 203 Å². The van der Waals surface area contributed by atoms with Crippen molar-refractivity contribution in [3.8, 4) is 0 Å². The summed E-state index contributed by atoms with van der Waals surface area (Å²) >= 11 is 0. The molecule has 5 rings (SSSR count). The lowest BCUT2D eigenvalue weighted by atomic mass is 9.82. The van der Waals surface area contributed by atoms with Crippen LogP contribution in [0.3, 0.4) is 0 Å². The van der Waals surface area contributed by atoms with E-state index in [0.29, 0.717) is 0 Å². The first-order valence-corrected chi connectivity index (χ1v) is 14.9. The molecule has 47 heavy (non-hydrogen) atoms. The van der Waals surface area contributed by atoms with E-state index in [2.05, 4.69) is 0 Å². The largest absolute Gasteiger partial charge is 0.472 e. The van der Waals surface area contributed by atoms with E-state index in [0.717, 1.165) is 6.26 Å².